The highest BCUT2D eigenvalue weighted by Crippen LogP contribution is 2.23. The van der Waals surface area contributed by atoms with E-state index in [4.69, 9.17) is 4.74 Å². The molecule has 1 aromatic rings. The molecule has 0 saturated carbocycles. The minimum Gasteiger partial charge on any atom is -0.496 e. The van der Waals surface area contributed by atoms with E-state index in [0.717, 1.165) is 23.3 Å². The Morgan fingerprint density at radius 2 is 2.07 bits per heavy atom. The van der Waals surface area contributed by atoms with Crippen LogP contribution in [0.15, 0.2) is 18.2 Å². The number of hydrogen-bond donors (Lipinski definition) is 0. The summed E-state index contributed by atoms with van der Waals surface area (Å²) in [6.07, 6.45) is 1.37. The number of Topliss-reactive ketones (excluding diaryl/α,β-unsaturated/α-hetero) is 1. The number of ketones is 1. The molecule has 1 rings (SSSR count). The summed E-state index contributed by atoms with van der Waals surface area (Å²) in [5, 5.41) is 0. The van der Waals surface area contributed by atoms with E-state index >= 15 is 0 Å². The molecule has 0 heterocycles. The van der Waals surface area contributed by atoms with E-state index in [2.05, 4.69) is 0 Å². The lowest BCUT2D eigenvalue weighted by Crippen LogP contribution is -2.03. The number of rotatable bonds is 4. The first-order chi connectivity index (χ1) is 6.74. The lowest BCUT2D eigenvalue weighted by Gasteiger charge is -2.10. The van der Waals surface area contributed by atoms with E-state index in [9.17, 15) is 4.79 Å². The van der Waals surface area contributed by atoms with Crippen molar-refractivity contribution in [2.24, 2.45) is 0 Å². The molecule has 76 valence electrons. The van der Waals surface area contributed by atoms with Crippen LogP contribution >= 0.6 is 0 Å². The van der Waals surface area contributed by atoms with Crippen molar-refractivity contribution in [2.45, 2.75) is 26.7 Å². The fourth-order valence-electron chi connectivity index (χ4n) is 1.57. The SMILES string of the molecule is CCC(=O)c1cccc(OC)c1CC. The highest BCUT2D eigenvalue weighted by molar-refractivity contribution is 5.97. The van der Waals surface area contributed by atoms with E-state index in [1.165, 1.54) is 0 Å². The van der Waals surface area contributed by atoms with Gasteiger partial charge in [0.2, 0.25) is 0 Å². The molecular formula is C12H16O2. The third kappa shape index (κ3) is 1.95. The van der Waals surface area contributed by atoms with Crippen LogP contribution in [0.5, 0.6) is 5.75 Å². The second-order valence-electron chi connectivity index (χ2n) is 3.12. The number of carbonyl (C=O) groups excluding carboxylic acids is 1. The van der Waals surface area contributed by atoms with Crippen LogP contribution in [0.25, 0.3) is 0 Å². The van der Waals surface area contributed by atoms with Gasteiger partial charge in [0.1, 0.15) is 5.75 Å². The summed E-state index contributed by atoms with van der Waals surface area (Å²) in [5.41, 5.74) is 1.82. The molecule has 0 saturated heterocycles. The molecule has 0 aliphatic carbocycles. The summed E-state index contributed by atoms with van der Waals surface area (Å²) >= 11 is 0. The highest BCUT2D eigenvalue weighted by Gasteiger charge is 2.11. The molecule has 0 spiro atoms. The molecule has 0 aliphatic heterocycles. The predicted octanol–water partition coefficient (Wildman–Crippen LogP) is 2.85. The Morgan fingerprint density at radius 3 is 2.57 bits per heavy atom. The molecule has 2 nitrogen and oxygen atoms in total. The molecule has 0 radical (unpaired) electrons. The maximum atomic E-state index is 11.6. The topological polar surface area (TPSA) is 26.3 Å². The van der Waals surface area contributed by atoms with Gasteiger partial charge in [-0.25, -0.2) is 0 Å². The molecule has 0 atom stereocenters. The molecule has 0 fully saturated rings. The van der Waals surface area contributed by atoms with Crippen LogP contribution in [0.4, 0.5) is 0 Å². The Hall–Kier alpha value is -1.31. The Balaban J connectivity index is 3.21. The lowest BCUT2D eigenvalue weighted by molar-refractivity contribution is 0.0987. The zero-order chi connectivity index (χ0) is 10.6. The quantitative estimate of drug-likeness (QED) is 0.686. The minimum absolute atomic E-state index is 0.181. The van der Waals surface area contributed by atoms with E-state index in [1.807, 2.05) is 32.0 Å². The van der Waals surface area contributed by atoms with Crippen molar-refractivity contribution in [3.05, 3.63) is 29.3 Å². The second-order valence-corrected chi connectivity index (χ2v) is 3.12. The number of ether oxygens (including phenoxy) is 1. The first kappa shape index (κ1) is 10.8. The largest absolute Gasteiger partial charge is 0.496 e. The fraction of sp³-hybridized carbons (Fsp3) is 0.417. The number of carbonyl (C=O) groups is 1. The van der Waals surface area contributed by atoms with Crippen molar-refractivity contribution in [1.82, 2.24) is 0 Å². The molecular weight excluding hydrogens is 176 g/mol. The van der Waals surface area contributed by atoms with Gasteiger partial charge in [0, 0.05) is 17.5 Å². The minimum atomic E-state index is 0.181. The van der Waals surface area contributed by atoms with Gasteiger partial charge in [0.05, 0.1) is 7.11 Å². The van der Waals surface area contributed by atoms with E-state index in [1.54, 1.807) is 7.11 Å². The molecule has 0 unspecified atom stereocenters. The Kier molecular flexibility index (Phi) is 3.69. The molecule has 0 aromatic heterocycles. The summed E-state index contributed by atoms with van der Waals surface area (Å²) in [6, 6.07) is 5.62. The van der Waals surface area contributed by atoms with E-state index in [0.29, 0.717) is 6.42 Å². The molecule has 1 aromatic carbocycles. The van der Waals surface area contributed by atoms with Crippen LogP contribution in [0.1, 0.15) is 36.2 Å². The van der Waals surface area contributed by atoms with Crippen molar-refractivity contribution in [3.63, 3.8) is 0 Å². The first-order valence-electron chi connectivity index (χ1n) is 4.93. The van der Waals surface area contributed by atoms with Gasteiger partial charge < -0.3 is 4.74 Å². The molecule has 0 N–H and O–H groups in total. The maximum Gasteiger partial charge on any atom is 0.163 e. The summed E-state index contributed by atoms with van der Waals surface area (Å²) in [5.74, 6) is 0.993. The molecule has 0 aliphatic rings. The Labute approximate surface area is 84.9 Å². The molecule has 0 bridgehead atoms. The lowest BCUT2D eigenvalue weighted by atomic mass is 9.99. The average Bonchev–Trinajstić information content (AvgIpc) is 2.26. The number of benzene rings is 1. The van der Waals surface area contributed by atoms with E-state index in [-0.39, 0.29) is 5.78 Å². The van der Waals surface area contributed by atoms with Gasteiger partial charge in [-0.2, -0.15) is 0 Å². The Bertz CT molecular complexity index is 329. The van der Waals surface area contributed by atoms with Crippen LogP contribution in [0, 0.1) is 0 Å². The monoisotopic (exact) mass is 192 g/mol. The van der Waals surface area contributed by atoms with Gasteiger partial charge in [-0.3, -0.25) is 4.79 Å². The van der Waals surface area contributed by atoms with Gasteiger partial charge in [0.25, 0.3) is 0 Å². The van der Waals surface area contributed by atoms with Crippen LogP contribution in [0.2, 0.25) is 0 Å². The van der Waals surface area contributed by atoms with E-state index < -0.39 is 0 Å². The molecule has 0 amide bonds. The van der Waals surface area contributed by atoms with Crippen LogP contribution in [0.3, 0.4) is 0 Å². The van der Waals surface area contributed by atoms with Crippen molar-refractivity contribution >= 4 is 5.78 Å². The average molecular weight is 192 g/mol. The summed E-state index contributed by atoms with van der Waals surface area (Å²) in [6.45, 7) is 3.91. The normalized spacial score (nSPS) is 9.93. The van der Waals surface area contributed by atoms with Gasteiger partial charge in [0.15, 0.2) is 5.78 Å². The van der Waals surface area contributed by atoms with Crippen molar-refractivity contribution in [1.29, 1.82) is 0 Å². The molecule has 2 heteroatoms. The zero-order valence-electron chi connectivity index (χ0n) is 8.96. The van der Waals surface area contributed by atoms with Gasteiger partial charge in [-0.1, -0.05) is 26.0 Å². The Morgan fingerprint density at radius 1 is 1.36 bits per heavy atom. The third-order valence-electron chi connectivity index (χ3n) is 2.33. The van der Waals surface area contributed by atoms with Gasteiger partial charge in [-0.05, 0) is 12.5 Å². The van der Waals surface area contributed by atoms with Crippen molar-refractivity contribution in [2.75, 3.05) is 7.11 Å². The summed E-state index contributed by atoms with van der Waals surface area (Å²) in [7, 11) is 1.63. The summed E-state index contributed by atoms with van der Waals surface area (Å²) < 4.78 is 5.22. The predicted molar refractivity (Wildman–Crippen MR) is 57.0 cm³/mol. The highest BCUT2D eigenvalue weighted by atomic mass is 16.5. The van der Waals surface area contributed by atoms with Crippen molar-refractivity contribution in [3.8, 4) is 5.75 Å². The zero-order valence-corrected chi connectivity index (χ0v) is 8.96. The second kappa shape index (κ2) is 4.80. The number of methoxy groups -OCH3 is 1. The van der Waals surface area contributed by atoms with Crippen LogP contribution in [-0.4, -0.2) is 12.9 Å². The van der Waals surface area contributed by atoms with Gasteiger partial charge in [-0.15, -0.1) is 0 Å². The van der Waals surface area contributed by atoms with Crippen molar-refractivity contribution < 1.29 is 9.53 Å². The smallest absolute Gasteiger partial charge is 0.163 e. The third-order valence-corrected chi connectivity index (χ3v) is 2.33. The van der Waals surface area contributed by atoms with Crippen LogP contribution < -0.4 is 4.74 Å². The standard InChI is InChI=1S/C12H16O2/c1-4-9-10(11(13)5-2)7-6-8-12(9)14-3/h6-8H,4-5H2,1-3H3. The van der Waals surface area contributed by atoms with Gasteiger partial charge >= 0.3 is 0 Å². The number of hydrogen-bond acceptors (Lipinski definition) is 2. The first-order valence-corrected chi connectivity index (χ1v) is 4.93. The van der Waals surface area contributed by atoms with Crippen LogP contribution in [-0.2, 0) is 6.42 Å². The fourth-order valence-corrected chi connectivity index (χ4v) is 1.57. The molecule has 14 heavy (non-hydrogen) atoms. The maximum absolute atomic E-state index is 11.6. The summed E-state index contributed by atoms with van der Waals surface area (Å²) in [4.78, 5) is 11.6.